The average molecular weight is 474 g/mol. The predicted molar refractivity (Wildman–Crippen MR) is 105 cm³/mol. The number of hydrogen-bond acceptors (Lipinski definition) is 4. The van der Waals surface area contributed by atoms with Crippen LogP contribution in [0.1, 0.15) is 11.4 Å². The predicted octanol–water partition coefficient (Wildman–Crippen LogP) is 4.20. The summed E-state index contributed by atoms with van der Waals surface area (Å²) in [6.45, 7) is 1.68. The van der Waals surface area contributed by atoms with Crippen molar-refractivity contribution in [1.29, 1.82) is 0 Å². The quantitative estimate of drug-likeness (QED) is 0.448. The summed E-state index contributed by atoms with van der Waals surface area (Å²) >= 11 is 13.9. The minimum Gasteiger partial charge on any atom is -0.506 e. The summed E-state index contributed by atoms with van der Waals surface area (Å²) in [5.41, 5.74) is 0.624. The van der Waals surface area contributed by atoms with Gasteiger partial charge in [-0.05, 0) is 59.8 Å². The highest BCUT2D eigenvalue weighted by Gasteiger charge is 2.09. The van der Waals surface area contributed by atoms with Crippen molar-refractivity contribution in [1.82, 2.24) is 9.66 Å². The van der Waals surface area contributed by atoms with E-state index in [-0.39, 0.29) is 16.3 Å². The number of hydrogen-bond donors (Lipinski definition) is 1. The van der Waals surface area contributed by atoms with Gasteiger partial charge in [0.25, 0.3) is 5.56 Å². The lowest BCUT2D eigenvalue weighted by molar-refractivity contribution is 0.474. The summed E-state index contributed by atoms with van der Waals surface area (Å²) in [5, 5.41) is 15.0. The van der Waals surface area contributed by atoms with E-state index in [0.717, 1.165) is 3.57 Å². The molecule has 0 radical (unpaired) electrons. The summed E-state index contributed by atoms with van der Waals surface area (Å²) in [7, 11) is 0. The zero-order valence-electron chi connectivity index (χ0n) is 12.3. The number of fused-ring (bicyclic) bond motifs is 1. The molecule has 3 aromatic rings. The molecular weight excluding hydrogens is 464 g/mol. The Bertz CT molecular complexity index is 1050. The molecule has 1 heterocycles. The summed E-state index contributed by atoms with van der Waals surface area (Å²) in [6, 6.07) is 8.36. The summed E-state index contributed by atoms with van der Waals surface area (Å²) < 4.78 is 2.10. The second kappa shape index (κ2) is 6.70. The van der Waals surface area contributed by atoms with Crippen LogP contribution in [0.15, 0.2) is 40.2 Å². The van der Waals surface area contributed by atoms with Crippen molar-refractivity contribution in [2.75, 3.05) is 0 Å². The standard InChI is InChI=1S/C16H10Cl2IN3O2/c1-8-21-14-3-2-11(19)6-12(14)16(24)22(8)20-7-9-4-10(17)5-13(18)15(9)23/h2-7,23H,1H3/b20-7+. The van der Waals surface area contributed by atoms with Gasteiger partial charge in [-0.25, -0.2) is 4.98 Å². The van der Waals surface area contributed by atoms with Gasteiger partial charge in [-0.3, -0.25) is 4.79 Å². The Morgan fingerprint density at radius 2 is 2.04 bits per heavy atom. The number of rotatable bonds is 2. The molecule has 5 nitrogen and oxygen atoms in total. The molecule has 8 heteroatoms. The van der Waals surface area contributed by atoms with Crippen molar-refractivity contribution < 1.29 is 5.11 Å². The van der Waals surface area contributed by atoms with Crippen LogP contribution in [0.5, 0.6) is 5.75 Å². The molecule has 0 unspecified atom stereocenters. The minimum atomic E-state index is -0.292. The first-order valence-corrected chi connectivity index (χ1v) is 8.61. The van der Waals surface area contributed by atoms with Crippen molar-refractivity contribution in [2.45, 2.75) is 6.92 Å². The van der Waals surface area contributed by atoms with E-state index in [4.69, 9.17) is 23.2 Å². The Morgan fingerprint density at radius 1 is 1.29 bits per heavy atom. The van der Waals surface area contributed by atoms with Crippen LogP contribution in [0.2, 0.25) is 10.0 Å². The van der Waals surface area contributed by atoms with Crippen LogP contribution in [-0.4, -0.2) is 21.0 Å². The molecule has 1 aromatic heterocycles. The number of aromatic nitrogens is 2. The van der Waals surface area contributed by atoms with E-state index in [9.17, 15) is 9.90 Å². The van der Waals surface area contributed by atoms with Crippen LogP contribution in [-0.2, 0) is 0 Å². The van der Waals surface area contributed by atoms with Crippen LogP contribution in [0.25, 0.3) is 10.9 Å². The number of halogens is 3. The van der Waals surface area contributed by atoms with Crippen molar-refractivity contribution in [3.05, 3.63) is 65.7 Å². The molecule has 0 aliphatic carbocycles. The topological polar surface area (TPSA) is 67.5 Å². The molecule has 1 N–H and O–H groups in total. The molecule has 0 fully saturated rings. The fraction of sp³-hybridized carbons (Fsp3) is 0.0625. The van der Waals surface area contributed by atoms with Gasteiger partial charge < -0.3 is 5.11 Å². The Kier molecular flexibility index (Phi) is 4.80. The van der Waals surface area contributed by atoms with Crippen LogP contribution in [0, 0.1) is 10.5 Å². The fourth-order valence-electron chi connectivity index (χ4n) is 2.20. The maximum Gasteiger partial charge on any atom is 0.282 e. The van der Waals surface area contributed by atoms with Crippen molar-refractivity contribution in [3.8, 4) is 5.75 Å². The molecule has 0 saturated carbocycles. The van der Waals surface area contributed by atoms with Crippen LogP contribution in [0.4, 0.5) is 0 Å². The number of phenolic OH excluding ortho intramolecular Hbond substituents is 1. The van der Waals surface area contributed by atoms with Crippen molar-refractivity contribution in [3.63, 3.8) is 0 Å². The van der Waals surface area contributed by atoms with E-state index in [1.807, 2.05) is 6.07 Å². The fourth-order valence-corrected chi connectivity index (χ4v) is 3.20. The van der Waals surface area contributed by atoms with Crippen LogP contribution in [0.3, 0.4) is 0 Å². The molecule has 0 bridgehead atoms. The van der Waals surface area contributed by atoms with Gasteiger partial charge in [0.2, 0.25) is 0 Å². The SMILES string of the molecule is Cc1nc2ccc(I)cc2c(=O)n1/N=C/c1cc(Cl)cc(Cl)c1O. The molecule has 0 saturated heterocycles. The maximum atomic E-state index is 12.6. The molecule has 0 aliphatic rings. The third kappa shape index (κ3) is 3.26. The van der Waals surface area contributed by atoms with Gasteiger partial charge in [-0.15, -0.1) is 0 Å². The normalized spacial score (nSPS) is 11.5. The maximum absolute atomic E-state index is 12.6. The average Bonchev–Trinajstić information content (AvgIpc) is 2.52. The molecule has 122 valence electrons. The number of benzene rings is 2. The Morgan fingerprint density at radius 3 is 2.79 bits per heavy atom. The highest BCUT2D eigenvalue weighted by Crippen LogP contribution is 2.30. The molecule has 0 spiro atoms. The Labute approximate surface area is 160 Å². The van der Waals surface area contributed by atoms with Gasteiger partial charge in [0.1, 0.15) is 11.6 Å². The molecule has 0 amide bonds. The largest absolute Gasteiger partial charge is 0.506 e. The molecular formula is C16H10Cl2IN3O2. The molecule has 0 aliphatic heterocycles. The molecule has 3 rings (SSSR count). The first kappa shape index (κ1) is 17.2. The second-order valence-corrected chi connectivity index (χ2v) is 7.10. The highest BCUT2D eigenvalue weighted by molar-refractivity contribution is 14.1. The molecule has 0 atom stereocenters. The summed E-state index contributed by atoms with van der Waals surface area (Å²) in [6.07, 6.45) is 1.32. The van der Waals surface area contributed by atoms with E-state index in [2.05, 4.69) is 32.7 Å². The third-order valence-corrected chi connectivity index (χ3v) is 4.52. The number of aryl methyl sites for hydroxylation is 1. The summed E-state index contributed by atoms with van der Waals surface area (Å²) in [5.74, 6) is 0.274. The monoisotopic (exact) mass is 473 g/mol. The van der Waals surface area contributed by atoms with Crippen molar-refractivity contribution in [2.24, 2.45) is 5.10 Å². The molecule has 2 aromatic carbocycles. The lowest BCUT2D eigenvalue weighted by Crippen LogP contribution is -2.20. The lowest BCUT2D eigenvalue weighted by atomic mass is 10.2. The smallest absolute Gasteiger partial charge is 0.282 e. The Hall–Kier alpha value is -1.64. The summed E-state index contributed by atoms with van der Waals surface area (Å²) in [4.78, 5) is 17.0. The van der Waals surface area contributed by atoms with Gasteiger partial charge in [0.15, 0.2) is 0 Å². The van der Waals surface area contributed by atoms with Gasteiger partial charge in [0.05, 0.1) is 22.1 Å². The van der Waals surface area contributed by atoms with Crippen LogP contribution < -0.4 is 5.56 Å². The van der Waals surface area contributed by atoms with Gasteiger partial charge in [-0.1, -0.05) is 23.2 Å². The van der Waals surface area contributed by atoms with Gasteiger partial charge >= 0.3 is 0 Å². The van der Waals surface area contributed by atoms with E-state index >= 15 is 0 Å². The zero-order valence-corrected chi connectivity index (χ0v) is 16.0. The second-order valence-electron chi connectivity index (χ2n) is 5.01. The van der Waals surface area contributed by atoms with Gasteiger partial charge in [0, 0.05) is 14.2 Å². The van der Waals surface area contributed by atoms with E-state index in [1.54, 1.807) is 19.1 Å². The number of phenols is 1. The van der Waals surface area contributed by atoms with E-state index in [0.29, 0.717) is 27.3 Å². The molecule has 24 heavy (non-hydrogen) atoms. The lowest BCUT2D eigenvalue weighted by Gasteiger charge is -2.06. The highest BCUT2D eigenvalue weighted by atomic mass is 127. The number of aromatic hydroxyl groups is 1. The van der Waals surface area contributed by atoms with Gasteiger partial charge in [-0.2, -0.15) is 9.78 Å². The third-order valence-electron chi connectivity index (χ3n) is 3.34. The van der Waals surface area contributed by atoms with Crippen LogP contribution >= 0.6 is 45.8 Å². The zero-order chi connectivity index (χ0) is 17.4. The van der Waals surface area contributed by atoms with E-state index in [1.165, 1.54) is 23.0 Å². The first-order valence-electron chi connectivity index (χ1n) is 6.78. The van der Waals surface area contributed by atoms with Crippen molar-refractivity contribution >= 4 is 62.9 Å². The number of nitrogens with zero attached hydrogens (tertiary/aromatic N) is 3. The van der Waals surface area contributed by atoms with E-state index < -0.39 is 0 Å². The minimum absolute atomic E-state index is 0.110. The Balaban J connectivity index is 2.15. The first-order chi connectivity index (χ1) is 11.4.